The summed E-state index contributed by atoms with van der Waals surface area (Å²) in [6.07, 6.45) is 1.89. The third-order valence-electron chi connectivity index (χ3n) is 4.53. The summed E-state index contributed by atoms with van der Waals surface area (Å²) in [6, 6.07) is 9.19. The molecule has 8 heteroatoms. The largest absolute Gasteiger partial charge is 0.496 e. The van der Waals surface area contributed by atoms with Gasteiger partial charge in [-0.1, -0.05) is 17.7 Å². The van der Waals surface area contributed by atoms with Crippen LogP contribution in [0.25, 0.3) is 0 Å². The van der Waals surface area contributed by atoms with Crippen LogP contribution in [0.3, 0.4) is 0 Å². The summed E-state index contributed by atoms with van der Waals surface area (Å²) in [5.74, 6) is 0.129. The fourth-order valence-electron chi connectivity index (χ4n) is 2.98. The van der Waals surface area contributed by atoms with Crippen LogP contribution in [-0.2, 0) is 10.0 Å². The van der Waals surface area contributed by atoms with Crippen molar-refractivity contribution in [2.75, 3.05) is 24.9 Å². The van der Waals surface area contributed by atoms with E-state index in [0.717, 1.165) is 18.4 Å². The zero-order valence-electron chi connectivity index (χ0n) is 15.2. The molecule has 0 unspecified atom stereocenters. The second-order valence-corrected chi connectivity index (χ2v) is 8.52. The molecule has 6 nitrogen and oxygen atoms in total. The number of amides is 1. The minimum absolute atomic E-state index is 0.0115. The molecule has 1 aliphatic heterocycles. The fraction of sp³-hybridized carbons (Fsp3) is 0.316. The van der Waals surface area contributed by atoms with E-state index in [1.807, 2.05) is 6.92 Å². The van der Waals surface area contributed by atoms with E-state index in [1.165, 1.54) is 25.3 Å². The van der Waals surface area contributed by atoms with Gasteiger partial charge in [-0.25, -0.2) is 8.42 Å². The number of carbonyl (C=O) groups excluding carboxylic acids is 1. The van der Waals surface area contributed by atoms with Gasteiger partial charge in [0, 0.05) is 18.1 Å². The van der Waals surface area contributed by atoms with Crippen LogP contribution >= 0.6 is 11.6 Å². The maximum atomic E-state index is 12.8. The van der Waals surface area contributed by atoms with Crippen molar-refractivity contribution in [3.63, 3.8) is 0 Å². The van der Waals surface area contributed by atoms with Crippen LogP contribution in [0.15, 0.2) is 41.3 Å². The third kappa shape index (κ3) is 4.20. The van der Waals surface area contributed by atoms with Crippen LogP contribution in [-0.4, -0.2) is 39.4 Å². The quantitative estimate of drug-likeness (QED) is 0.818. The number of benzene rings is 2. The first-order valence-electron chi connectivity index (χ1n) is 8.58. The summed E-state index contributed by atoms with van der Waals surface area (Å²) in [6.45, 7) is 3.17. The summed E-state index contributed by atoms with van der Waals surface area (Å²) in [5, 5.41) is 0.467. The van der Waals surface area contributed by atoms with Gasteiger partial charge in [0.2, 0.25) is 0 Å². The summed E-state index contributed by atoms with van der Waals surface area (Å²) >= 11 is 6.07. The zero-order chi connectivity index (χ0) is 19.6. The van der Waals surface area contributed by atoms with Gasteiger partial charge in [-0.2, -0.15) is 0 Å². The maximum absolute atomic E-state index is 12.8. The summed E-state index contributed by atoms with van der Waals surface area (Å²) in [7, 11) is -2.43. The molecule has 1 aliphatic rings. The highest BCUT2D eigenvalue weighted by Crippen LogP contribution is 2.27. The van der Waals surface area contributed by atoms with Crippen molar-refractivity contribution >= 4 is 33.2 Å². The van der Waals surface area contributed by atoms with E-state index in [9.17, 15) is 13.2 Å². The van der Waals surface area contributed by atoms with Gasteiger partial charge in [0.1, 0.15) is 5.75 Å². The van der Waals surface area contributed by atoms with Crippen LogP contribution in [0.1, 0.15) is 28.8 Å². The maximum Gasteiger partial charge on any atom is 0.261 e. The van der Waals surface area contributed by atoms with E-state index < -0.39 is 10.0 Å². The lowest BCUT2D eigenvalue weighted by Gasteiger charge is -2.18. The molecule has 2 aromatic carbocycles. The SMILES string of the molecule is COc1ccc(S(=O)(=O)Nc2ccc(C)c(Cl)c2)cc1C(=O)N1CCCC1. The number of rotatable bonds is 5. The fourth-order valence-corrected chi connectivity index (χ4v) is 4.24. The Hall–Kier alpha value is -2.25. The molecule has 0 radical (unpaired) electrons. The van der Waals surface area contributed by atoms with E-state index in [2.05, 4.69) is 4.72 Å². The molecule has 0 atom stereocenters. The van der Waals surface area contributed by atoms with E-state index in [-0.39, 0.29) is 16.4 Å². The molecular formula is C19H21ClN2O4S. The lowest BCUT2D eigenvalue weighted by molar-refractivity contribution is 0.0789. The third-order valence-corrected chi connectivity index (χ3v) is 6.32. The van der Waals surface area contributed by atoms with E-state index in [4.69, 9.17) is 16.3 Å². The van der Waals surface area contributed by atoms with Gasteiger partial charge in [0.15, 0.2) is 0 Å². The average Bonchev–Trinajstić information content (AvgIpc) is 3.18. The van der Waals surface area contributed by atoms with Gasteiger partial charge in [-0.05, 0) is 55.7 Å². The van der Waals surface area contributed by atoms with Gasteiger partial charge >= 0.3 is 0 Å². The van der Waals surface area contributed by atoms with Crippen LogP contribution in [0.5, 0.6) is 5.75 Å². The Morgan fingerprint density at radius 3 is 2.48 bits per heavy atom. The highest BCUT2D eigenvalue weighted by molar-refractivity contribution is 7.92. The Kier molecular flexibility index (Phi) is 5.62. The highest BCUT2D eigenvalue weighted by Gasteiger charge is 2.25. The van der Waals surface area contributed by atoms with Crippen LogP contribution in [0.2, 0.25) is 5.02 Å². The molecule has 27 heavy (non-hydrogen) atoms. The van der Waals surface area contributed by atoms with Crippen LogP contribution in [0, 0.1) is 6.92 Å². The number of sulfonamides is 1. The second-order valence-electron chi connectivity index (χ2n) is 6.43. The molecule has 0 bridgehead atoms. The van der Waals surface area contributed by atoms with Crippen molar-refractivity contribution in [1.82, 2.24) is 4.90 Å². The van der Waals surface area contributed by atoms with Crippen molar-refractivity contribution in [3.05, 3.63) is 52.5 Å². The molecule has 1 fully saturated rings. The number of methoxy groups -OCH3 is 1. The number of likely N-dealkylation sites (tertiary alicyclic amines) is 1. The predicted octanol–water partition coefficient (Wildman–Crippen LogP) is 3.69. The Labute approximate surface area is 164 Å². The number of anilines is 1. The molecule has 1 N–H and O–H groups in total. The second kappa shape index (κ2) is 7.78. The van der Waals surface area contributed by atoms with Gasteiger partial charge < -0.3 is 9.64 Å². The Bertz CT molecular complexity index is 970. The summed E-state index contributed by atoms with van der Waals surface area (Å²) in [4.78, 5) is 14.5. The molecule has 1 amide bonds. The number of nitrogens with zero attached hydrogens (tertiary/aromatic N) is 1. The summed E-state index contributed by atoms with van der Waals surface area (Å²) < 4.78 is 33.3. The molecule has 1 saturated heterocycles. The Morgan fingerprint density at radius 2 is 1.85 bits per heavy atom. The molecular weight excluding hydrogens is 388 g/mol. The molecule has 2 aromatic rings. The van der Waals surface area contributed by atoms with Gasteiger partial charge in [0.25, 0.3) is 15.9 Å². The van der Waals surface area contributed by atoms with Gasteiger partial charge in [-0.3, -0.25) is 9.52 Å². The standard InChI is InChI=1S/C19H21ClN2O4S/c1-13-5-6-14(11-17(13)20)21-27(24,25)15-7-8-18(26-2)16(12-15)19(23)22-9-3-4-10-22/h5-8,11-12,21H,3-4,9-10H2,1-2H3. The topological polar surface area (TPSA) is 75.7 Å². The monoisotopic (exact) mass is 408 g/mol. The number of halogens is 1. The number of hydrogen-bond donors (Lipinski definition) is 1. The molecule has 0 saturated carbocycles. The first-order chi connectivity index (χ1) is 12.8. The molecule has 0 aromatic heterocycles. The molecule has 3 rings (SSSR count). The average molecular weight is 409 g/mol. The summed E-state index contributed by atoms with van der Waals surface area (Å²) in [5.41, 5.74) is 1.45. The number of carbonyl (C=O) groups is 1. The van der Waals surface area contributed by atoms with Crippen LogP contribution < -0.4 is 9.46 Å². The minimum Gasteiger partial charge on any atom is -0.496 e. The van der Waals surface area contributed by atoms with Crippen LogP contribution in [0.4, 0.5) is 5.69 Å². The lowest BCUT2D eigenvalue weighted by atomic mass is 10.1. The highest BCUT2D eigenvalue weighted by atomic mass is 35.5. The van der Waals surface area contributed by atoms with Gasteiger partial charge in [-0.15, -0.1) is 0 Å². The Morgan fingerprint density at radius 1 is 1.15 bits per heavy atom. The predicted molar refractivity (Wildman–Crippen MR) is 105 cm³/mol. The lowest BCUT2D eigenvalue weighted by Crippen LogP contribution is -2.28. The first kappa shape index (κ1) is 19.5. The first-order valence-corrected chi connectivity index (χ1v) is 10.4. The van der Waals surface area contributed by atoms with Crippen molar-refractivity contribution in [3.8, 4) is 5.75 Å². The van der Waals surface area contributed by atoms with Crippen molar-refractivity contribution in [2.45, 2.75) is 24.7 Å². The molecule has 1 heterocycles. The molecule has 0 aliphatic carbocycles. The number of aryl methyl sites for hydroxylation is 1. The van der Waals surface area contributed by atoms with Crippen molar-refractivity contribution in [2.24, 2.45) is 0 Å². The van der Waals surface area contributed by atoms with Crippen molar-refractivity contribution < 1.29 is 17.9 Å². The normalized spacial score (nSPS) is 14.3. The van der Waals surface area contributed by atoms with E-state index in [0.29, 0.717) is 29.5 Å². The van der Waals surface area contributed by atoms with Gasteiger partial charge in [0.05, 0.1) is 23.3 Å². The number of ether oxygens (including phenoxy) is 1. The minimum atomic E-state index is -3.88. The Balaban J connectivity index is 1.94. The molecule has 0 spiro atoms. The van der Waals surface area contributed by atoms with Crippen molar-refractivity contribution in [1.29, 1.82) is 0 Å². The molecule has 144 valence electrons. The van der Waals surface area contributed by atoms with E-state index >= 15 is 0 Å². The number of hydrogen-bond acceptors (Lipinski definition) is 4. The smallest absolute Gasteiger partial charge is 0.261 e. The number of nitrogens with one attached hydrogen (secondary N) is 1. The van der Waals surface area contributed by atoms with E-state index in [1.54, 1.807) is 23.1 Å². The zero-order valence-corrected chi connectivity index (χ0v) is 16.7.